The van der Waals surface area contributed by atoms with Gasteiger partial charge in [0.15, 0.2) is 11.4 Å². The van der Waals surface area contributed by atoms with Crippen LogP contribution in [0.3, 0.4) is 0 Å². The summed E-state index contributed by atoms with van der Waals surface area (Å²) in [6.07, 6.45) is -7.60. The Morgan fingerprint density at radius 1 is 0.507 bits per heavy atom. The van der Waals surface area contributed by atoms with Crippen molar-refractivity contribution >= 4 is 35.2 Å². The molecule has 370 valence electrons. The number of nitrogens with zero attached hydrogens (tertiary/aromatic N) is 6. The number of pyridine rings is 2. The van der Waals surface area contributed by atoms with E-state index in [-0.39, 0.29) is 48.3 Å². The summed E-state index contributed by atoms with van der Waals surface area (Å²) >= 11 is 5.98. The highest BCUT2D eigenvalue weighted by atomic mass is 35.5. The smallest absolute Gasteiger partial charge is 0.435 e. The number of rotatable bonds is 17. The predicted molar refractivity (Wildman–Crippen MR) is 248 cm³/mol. The van der Waals surface area contributed by atoms with E-state index in [1.807, 2.05) is 37.3 Å². The van der Waals surface area contributed by atoms with Crippen molar-refractivity contribution in [1.82, 2.24) is 50.8 Å². The number of para-hydroxylation sites is 2. The maximum absolute atomic E-state index is 13.5. The fraction of sp³-hybridized carbons (Fsp3) is 0.208. The van der Waals surface area contributed by atoms with Gasteiger partial charge in [0.1, 0.15) is 5.15 Å². The highest BCUT2D eigenvalue weighted by molar-refractivity contribution is 6.32. The van der Waals surface area contributed by atoms with Crippen LogP contribution in [-0.2, 0) is 12.4 Å². The minimum absolute atomic E-state index is 0.0276. The molecule has 4 heterocycles. The van der Waals surface area contributed by atoms with E-state index in [4.69, 9.17) is 21.1 Å². The highest BCUT2D eigenvalue weighted by Gasteiger charge is 2.40. The van der Waals surface area contributed by atoms with E-state index in [0.29, 0.717) is 41.7 Å². The molecule has 0 radical (unpaired) electrons. The van der Waals surface area contributed by atoms with Gasteiger partial charge in [0, 0.05) is 56.3 Å². The van der Waals surface area contributed by atoms with Gasteiger partial charge in [-0.05, 0) is 50.2 Å². The lowest BCUT2D eigenvalue weighted by Gasteiger charge is -2.12. The van der Waals surface area contributed by atoms with E-state index < -0.39 is 58.5 Å². The van der Waals surface area contributed by atoms with E-state index in [0.717, 1.165) is 21.8 Å². The van der Waals surface area contributed by atoms with Crippen molar-refractivity contribution in [1.29, 1.82) is 0 Å². The number of carbonyl (C=O) groups excluding carboxylic acids is 4. The molecule has 0 saturated carbocycles. The molecule has 7 aromatic rings. The summed E-state index contributed by atoms with van der Waals surface area (Å²) < 4.78 is 93.5. The molecule has 0 saturated heterocycles. The number of nitrogens with one attached hydrogen (secondary N) is 4. The van der Waals surface area contributed by atoms with Crippen LogP contribution in [-0.4, -0.2) is 92.6 Å². The van der Waals surface area contributed by atoms with Gasteiger partial charge in [-0.3, -0.25) is 19.2 Å². The molecule has 16 nitrogen and oxygen atoms in total. The SMILES string of the molecule is CCOc1ccc(C(=O)NCCNC(=O)c2cn(-c3ccccc3)nc2C(F)(F)F)c(-c2ccccc2)n1.CCOc1ccc(C(=O)NCCNC(=O)c2cn(-c3ccccc3)nc2C(F)(F)F)c(Cl)n1. The summed E-state index contributed by atoms with van der Waals surface area (Å²) in [6.45, 7) is 4.08. The molecule has 0 aliphatic carbocycles. The van der Waals surface area contributed by atoms with Gasteiger partial charge < -0.3 is 30.7 Å². The monoisotopic (exact) mass is 1000 g/mol. The summed E-state index contributed by atoms with van der Waals surface area (Å²) in [7, 11) is 0. The van der Waals surface area contributed by atoms with Crippen LogP contribution in [0.4, 0.5) is 26.3 Å². The van der Waals surface area contributed by atoms with E-state index in [1.54, 1.807) is 79.7 Å². The standard InChI is InChI=1S/C27H24F3N5O3.C21H19ClF3N5O3/c1-2-38-22-14-13-20(23(33-22)18-9-5-3-6-10-18)25(36)31-15-16-32-26(37)21-17-35(19-11-7-4-8-12-19)34-24(21)27(28,29)30;1-2-33-16-9-8-14(18(22)28-16)19(31)26-10-11-27-20(32)15-12-30(13-6-4-3-5-7-13)29-17(15)21(23,24)25/h3-14,17H,2,15-16H2,1H3,(H,31,36)(H,32,37);3-9,12H,2,10-11H2,1H3,(H,26,31)(H,27,32). The van der Waals surface area contributed by atoms with Crippen LogP contribution < -0.4 is 30.7 Å². The molecule has 4 N–H and O–H groups in total. The second-order valence-electron chi connectivity index (χ2n) is 14.6. The lowest BCUT2D eigenvalue weighted by molar-refractivity contribution is -0.142. The van der Waals surface area contributed by atoms with Crippen LogP contribution in [0.5, 0.6) is 11.8 Å². The van der Waals surface area contributed by atoms with Crippen molar-refractivity contribution < 1.29 is 55.0 Å². The molecule has 3 aromatic carbocycles. The molecule has 23 heteroatoms. The largest absolute Gasteiger partial charge is 0.478 e. The lowest BCUT2D eigenvalue weighted by Crippen LogP contribution is -2.35. The second-order valence-corrected chi connectivity index (χ2v) is 15.0. The zero-order valence-electron chi connectivity index (χ0n) is 37.6. The average molecular weight is 1010 g/mol. The third-order valence-electron chi connectivity index (χ3n) is 9.70. The first kappa shape index (κ1) is 52.1. The topological polar surface area (TPSA) is 196 Å². The Bertz CT molecular complexity index is 2940. The fourth-order valence-corrected chi connectivity index (χ4v) is 6.73. The van der Waals surface area contributed by atoms with Crippen molar-refractivity contribution in [2.45, 2.75) is 26.2 Å². The van der Waals surface area contributed by atoms with Crippen LogP contribution in [0.1, 0.15) is 66.7 Å². The second kappa shape index (κ2) is 23.8. The zero-order chi connectivity index (χ0) is 51.1. The van der Waals surface area contributed by atoms with Crippen molar-refractivity contribution in [3.63, 3.8) is 0 Å². The number of carbonyl (C=O) groups is 4. The summed E-state index contributed by atoms with van der Waals surface area (Å²) in [6, 6.07) is 31.4. The number of amides is 4. The minimum Gasteiger partial charge on any atom is -0.478 e. The fourth-order valence-electron chi connectivity index (χ4n) is 6.49. The van der Waals surface area contributed by atoms with Gasteiger partial charge in [-0.15, -0.1) is 0 Å². The zero-order valence-corrected chi connectivity index (χ0v) is 38.4. The number of hydrogen-bond donors (Lipinski definition) is 4. The van der Waals surface area contributed by atoms with Crippen molar-refractivity contribution in [2.24, 2.45) is 0 Å². The predicted octanol–water partition coefficient (Wildman–Crippen LogP) is 8.01. The van der Waals surface area contributed by atoms with Crippen LogP contribution in [0.25, 0.3) is 22.6 Å². The molecular formula is C48H43ClF6N10O6. The number of aromatic nitrogens is 6. The Morgan fingerprint density at radius 3 is 1.27 bits per heavy atom. The van der Waals surface area contributed by atoms with Gasteiger partial charge in [0.05, 0.1) is 52.5 Å². The van der Waals surface area contributed by atoms with Crippen molar-refractivity contribution in [2.75, 3.05) is 39.4 Å². The Labute approximate surface area is 406 Å². The number of halogens is 7. The first-order valence-electron chi connectivity index (χ1n) is 21.5. The number of benzene rings is 3. The lowest BCUT2D eigenvalue weighted by atomic mass is 10.1. The Hall–Kier alpha value is -8.27. The minimum atomic E-state index is -4.82. The van der Waals surface area contributed by atoms with Gasteiger partial charge in [-0.2, -0.15) is 36.5 Å². The molecule has 0 unspecified atom stereocenters. The van der Waals surface area contributed by atoms with Crippen LogP contribution in [0.15, 0.2) is 128 Å². The van der Waals surface area contributed by atoms with E-state index in [1.165, 1.54) is 12.1 Å². The normalized spacial score (nSPS) is 11.2. The third kappa shape index (κ3) is 13.9. The Balaban J connectivity index is 0.000000235. The Kier molecular flexibility index (Phi) is 17.5. The Morgan fingerprint density at radius 2 is 0.873 bits per heavy atom. The summed E-state index contributed by atoms with van der Waals surface area (Å²) in [4.78, 5) is 58.5. The molecule has 0 aliphatic rings. The van der Waals surface area contributed by atoms with Gasteiger partial charge >= 0.3 is 12.4 Å². The van der Waals surface area contributed by atoms with Gasteiger partial charge in [0.2, 0.25) is 11.8 Å². The first-order chi connectivity index (χ1) is 34.0. The van der Waals surface area contributed by atoms with Crippen LogP contribution in [0.2, 0.25) is 5.15 Å². The van der Waals surface area contributed by atoms with Crippen LogP contribution in [0, 0.1) is 0 Å². The van der Waals surface area contributed by atoms with Crippen molar-refractivity contribution in [3.05, 3.63) is 166 Å². The number of alkyl halides is 6. The summed E-state index contributed by atoms with van der Waals surface area (Å²) in [5.74, 6) is -2.31. The molecule has 0 spiro atoms. The molecule has 71 heavy (non-hydrogen) atoms. The van der Waals surface area contributed by atoms with E-state index in [2.05, 4.69) is 41.4 Å². The maximum Gasteiger partial charge on any atom is 0.435 e. The summed E-state index contributed by atoms with van der Waals surface area (Å²) in [5.41, 5.74) is -1.59. The molecular weight excluding hydrogens is 962 g/mol. The quantitative estimate of drug-likeness (QED) is 0.0394. The average Bonchev–Trinajstić information content (AvgIpc) is 4.03. The summed E-state index contributed by atoms with van der Waals surface area (Å²) in [5, 5.41) is 17.0. The maximum atomic E-state index is 13.5. The highest BCUT2D eigenvalue weighted by Crippen LogP contribution is 2.33. The molecule has 4 aromatic heterocycles. The van der Waals surface area contributed by atoms with Gasteiger partial charge in [0.25, 0.3) is 23.6 Å². The van der Waals surface area contributed by atoms with E-state index >= 15 is 0 Å². The van der Waals surface area contributed by atoms with Gasteiger partial charge in [-0.25, -0.2) is 19.3 Å². The molecule has 0 atom stereocenters. The molecule has 0 fully saturated rings. The molecule has 0 aliphatic heterocycles. The number of ether oxygens (including phenoxy) is 2. The third-order valence-corrected chi connectivity index (χ3v) is 9.99. The van der Waals surface area contributed by atoms with Crippen molar-refractivity contribution in [3.8, 4) is 34.4 Å². The number of hydrogen-bond acceptors (Lipinski definition) is 10. The van der Waals surface area contributed by atoms with E-state index in [9.17, 15) is 45.5 Å². The van der Waals surface area contributed by atoms with Crippen LogP contribution >= 0.6 is 11.6 Å². The molecule has 7 rings (SSSR count). The first-order valence-corrected chi connectivity index (χ1v) is 21.9. The molecule has 4 amide bonds. The van der Waals surface area contributed by atoms with Gasteiger partial charge in [-0.1, -0.05) is 78.3 Å². The molecule has 0 bridgehead atoms.